The first-order valence-corrected chi connectivity index (χ1v) is 8.11. The molecule has 0 bridgehead atoms. The predicted molar refractivity (Wildman–Crippen MR) is 75.2 cm³/mol. The zero-order chi connectivity index (χ0) is 14.2. The number of carbonyl (C=O) groups excluding carboxylic acids is 1. The van der Waals surface area contributed by atoms with Crippen molar-refractivity contribution in [2.75, 3.05) is 13.1 Å². The lowest BCUT2D eigenvalue weighted by Crippen LogP contribution is -2.44. The van der Waals surface area contributed by atoms with Crippen molar-refractivity contribution in [3.63, 3.8) is 0 Å². The molecule has 20 heavy (non-hydrogen) atoms. The SMILES string of the molecule is O=C(O)C1CCC(C(=O)N2CCC3(CCCC3)CC2)C1. The lowest BCUT2D eigenvalue weighted by atomic mass is 9.77. The molecule has 1 spiro atoms. The molecule has 3 rings (SSSR count). The Hall–Kier alpha value is -1.06. The van der Waals surface area contributed by atoms with Gasteiger partial charge in [0.1, 0.15) is 0 Å². The highest BCUT2D eigenvalue weighted by atomic mass is 16.4. The van der Waals surface area contributed by atoms with Crippen LogP contribution in [0.2, 0.25) is 0 Å². The molecule has 0 aromatic heterocycles. The highest BCUT2D eigenvalue weighted by Gasteiger charge is 2.41. The van der Waals surface area contributed by atoms with Crippen LogP contribution in [0, 0.1) is 17.3 Å². The largest absolute Gasteiger partial charge is 0.481 e. The van der Waals surface area contributed by atoms with Gasteiger partial charge in [0.25, 0.3) is 0 Å². The summed E-state index contributed by atoms with van der Waals surface area (Å²) < 4.78 is 0. The molecule has 1 heterocycles. The van der Waals surface area contributed by atoms with Crippen molar-refractivity contribution < 1.29 is 14.7 Å². The summed E-state index contributed by atoms with van der Waals surface area (Å²) in [6.07, 6.45) is 9.71. The number of hydrogen-bond acceptors (Lipinski definition) is 2. The molecular formula is C16H25NO3. The number of carboxylic acid groups (broad SMARTS) is 1. The van der Waals surface area contributed by atoms with Crippen molar-refractivity contribution >= 4 is 11.9 Å². The molecule has 1 aliphatic heterocycles. The second kappa shape index (κ2) is 5.38. The number of aliphatic carboxylic acids is 1. The van der Waals surface area contributed by atoms with Gasteiger partial charge in [0.2, 0.25) is 5.91 Å². The van der Waals surface area contributed by atoms with Gasteiger partial charge in [0.15, 0.2) is 0 Å². The fourth-order valence-electron chi connectivity index (χ4n) is 4.51. The van der Waals surface area contributed by atoms with Crippen LogP contribution in [0.15, 0.2) is 0 Å². The van der Waals surface area contributed by atoms with Gasteiger partial charge >= 0.3 is 5.97 Å². The maximum Gasteiger partial charge on any atom is 0.306 e. The molecule has 3 aliphatic rings. The maximum absolute atomic E-state index is 12.5. The zero-order valence-electron chi connectivity index (χ0n) is 12.1. The van der Waals surface area contributed by atoms with E-state index in [2.05, 4.69) is 0 Å². The van der Waals surface area contributed by atoms with Crippen LogP contribution in [0.25, 0.3) is 0 Å². The fraction of sp³-hybridized carbons (Fsp3) is 0.875. The van der Waals surface area contributed by atoms with Crippen molar-refractivity contribution in [1.29, 1.82) is 0 Å². The van der Waals surface area contributed by atoms with Gasteiger partial charge in [0, 0.05) is 19.0 Å². The number of nitrogens with zero attached hydrogens (tertiary/aromatic N) is 1. The summed E-state index contributed by atoms with van der Waals surface area (Å²) >= 11 is 0. The Morgan fingerprint density at radius 2 is 1.55 bits per heavy atom. The van der Waals surface area contributed by atoms with Crippen molar-refractivity contribution in [3.8, 4) is 0 Å². The molecule has 0 aromatic carbocycles. The first-order valence-electron chi connectivity index (χ1n) is 8.11. The molecule has 1 saturated heterocycles. The second-order valence-corrected chi connectivity index (χ2v) is 7.08. The van der Waals surface area contributed by atoms with Gasteiger partial charge in [-0.2, -0.15) is 0 Å². The minimum Gasteiger partial charge on any atom is -0.481 e. The summed E-state index contributed by atoms with van der Waals surface area (Å²) in [5.41, 5.74) is 0.538. The third-order valence-electron chi connectivity index (χ3n) is 5.93. The van der Waals surface area contributed by atoms with E-state index in [0.717, 1.165) is 32.4 Å². The number of carbonyl (C=O) groups is 2. The average Bonchev–Trinajstić information content (AvgIpc) is 3.08. The van der Waals surface area contributed by atoms with Crippen molar-refractivity contribution in [3.05, 3.63) is 0 Å². The summed E-state index contributed by atoms with van der Waals surface area (Å²) in [6.45, 7) is 1.79. The van der Waals surface area contributed by atoms with E-state index in [1.54, 1.807) is 0 Å². The Morgan fingerprint density at radius 3 is 2.10 bits per heavy atom. The van der Waals surface area contributed by atoms with Crippen LogP contribution in [-0.2, 0) is 9.59 Å². The van der Waals surface area contributed by atoms with Crippen LogP contribution in [0.5, 0.6) is 0 Å². The summed E-state index contributed by atoms with van der Waals surface area (Å²) in [5.74, 6) is -0.839. The average molecular weight is 279 g/mol. The number of rotatable bonds is 2. The number of piperidine rings is 1. The highest BCUT2D eigenvalue weighted by Crippen LogP contribution is 2.46. The van der Waals surface area contributed by atoms with E-state index in [1.807, 2.05) is 4.90 Å². The van der Waals surface area contributed by atoms with Crippen LogP contribution < -0.4 is 0 Å². The standard InChI is InChI=1S/C16H25NO3/c18-14(12-3-4-13(11-12)15(19)20)17-9-7-16(8-10-17)5-1-2-6-16/h12-13H,1-11H2,(H,19,20). The molecule has 0 aromatic rings. The van der Waals surface area contributed by atoms with E-state index in [-0.39, 0.29) is 17.7 Å². The molecule has 0 radical (unpaired) electrons. The quantitative estimate of drug-likeness (QED) is 0.845. The van der Waals surface area contributed by atoms with Gasteiger partial charge in [-0.05, 0) is 50.4 Å². The molecule has 4 nitrogen and oxygen atoms in total. The monoisotopic (exact) mass is 279 g/mol. The van der Waals surface area contributed by atoms with Crippen molar-refractivity contribution in [1.82, 2.24) is 4.90 Å². The number of likely N-dealkylation sites (tertiary alicyclic amines) is 1. The van der Waals surface area contributed by atoms with E-state index in [1.165, 1.54) is 25.7 Å². The molecule has 1 N–H and O–H groups in total. The van der Waals surface area contributed by atoms with E-state index in [9.17, 15) is 9.59 Å². The molecule has 2 saturated carbocycles. The van der Waals surface area contributed by atoms with E-state index in [4.69, 9.17) is 5.11 Å². The van der Waals surface area contributed by atoms with Crippen LogP contribution >= 0.6 is 0 Å². The van der Waals surface area contributed by atoms with Gasteiger partial charge in [-0.3, -0.25) is 9.59 Å². The summed E-state index contributed by atoms with van der Waals surface area (Å²) in [6, 6.07) is 0. The van der Waals surface area contributed by atoms with E-state index >= 15 is 0 Å². The fourth-order valence-corrected chi connectivity index (χ4v) is 4.51. The first kappa shape index (κ1) is 13.9. The van der Waals surface area contributed by atoms with Gasteiger partial charge in [-0.1, -0.05) is 12.8 Å². The maximum atomic E-state index is 12.5. The Labute approximate surface area is 120 Å². The van der Waals surface area contributed by atoms with Gasteiger partial charge in [-0.15, -0.1) is 0 Å². The predicted octanol–water partition coefficient (Wildman–Crippen LogP) is 2.67. The molecule has 3 fully saturated rings. The lowest BCUT2D eigenvalue weighted by molar-refractivity contribution is -0.142. The van der Waals surface area contributed by atoms with Gasteiger partial charge in [-0.25, -0.2) is 0 Å². The summed E-state index contributed by atoms with van der Waals surface area (Å²) in [7, 11) is 0. The first-order chi connectivity index (χ1) is 9.60. The smallest absolute Gasteiger partial charge is 0.306 e. The minimum absolute atomic E-state index is 0.0336. The molecule has 2 aliphatic carbocycles. The highest BCUT2D eigenvalue weighted by molar-refractivity contribution is 5.81. The third-order valence-corrected chi connectivity index (χ3v) is 5.93. The van der Waals surface area contributed by atoms with Crippen LogP contribution in [0.4, 0.5) is 0 Å². The van der Waals surface area contributed by atoms with Crippen LogP contribution in [0.1, 0.15) is 57.8 Å². The number of carboxylic acids is 1. The molecule has 4 heteroatoms. The third kappa shape index (κ3) is 2.57. The molecule has 1 amide bonds. The van der Waals surface area contributed by atoms with Crippen molar-refractivity contribution in [2.24, 2.45) is 17.3 Å². The topological polar surface area (TPSA) is 57.6 Å². The molecular weight excluding hydrogens is 254 g/mol. The van der Waals surface area contributed by atoms with E-state index in [0.29, 0.717) is 18.3 Å². The number of hydrogen-bond donors (Lipinski definition) is 1. The molecule has 2 atom stereocenters. The Kier molecular flexibility index (Phi) is 3.74. The minimum atomic E-state index is -0.733. The normalized spacial score (nSPS) is 32.7. The number of amides is 1. The van der Waals surface area contributed by atoms with E-state index < -0.39 is 5.97 Å². The Balaban J connectivity index is 1.53. The van der Waals surface area contributed by atoms with Crippen LogP contribution in [0.3, 0.4) is 0 Å². The summed E-state index contributed by atoms with van der Waals surface area (Å²) in [4.78, 5) is 25.5. The van der Waals surface area contributed by atoms with Crippen molar-refractivity contribution in [2.45, 2.75) is 57.8 Å². The van der Waals surface area contributed by atoms with Gasteiger partial charge < -0.3 is 10.0 Å². The van der Waals surface area contributed by atoms with Gasteiger partial charge in [0.05, 0.1) is 5.92 Å². The summed E-state index contributed by atoms with van der Waals surface area (Å²) in [5, 5.41) is 9.04. The lowest BCUT2D eigenvalue weighted by Gasteiger charge is -2.40. The second-order valence-electron chi connectivity index (χ2n) is 7.08. The van der Waals surface area contributed by atoms with Crippen LogP contribution in [-0.4, -0.2) is 35.0 Å². The Bertz CT molecular complexity index is 391. The zero-order valence-corrected chi connectivity index (χ0v) is 12.1. The Morgan fingerprint density at radius 1 is 0.950 bits per heavy atom. The molecule has 2 unspecified atom stereocenters. The molecule has 112 valence electrons.